The van der Waals surface area contributed by atoms with Gasteiger partial charge in [0.25, 0.3) is 0 Å². The lowest BCUT2D eigenvalue weighted by Crippen LogP contribution is -2.46. The Morgan fingerprint density at radius 2 is 1.87 bits per heavy atom. The van der Waals surface area contributed by atoms with Crippen LogP contribution in [0, 0.1) is 11.3 Å². The number of ether oxygens (including phenoxy) is 1. The second kappa shape index (κ2) is 8.18. The van der Waals surface area contributed by atoms with Gasteiger partial charge in [0, 0.05) is 13.5 Å². The van der Waals surface area contributed by atoms with Gasteiger partial charge in [-0.05, 0) is 44.9 Å². The fourth-order valence-electron chi connectivity index (χ4n) is 1.92. The standard InChI is InChI=1S/C17H23N3O3/c1-12(21)19-11-15(20-16(22)23-17(2,3)4)9-13-5-7-14(10-18)8-6-13/h5-8,15H,9,11H2,1-4H3,(H,19,21)(H,20,22)/t15-/m1/s1. The largest absolute Gasteiger partial charge is 0.444 e. The Balaban J connectivity index is 2.72. The molecule has 0 aliphatic carbocycles. The van der Waals surface area contributed by atoms with E-state index in [0.717, 1.165) is 5.56 Å². The number of carbonyl (C=O) groups is 2. The smallest absolute Gasteiger partial charge is 0.407 e. The van der Waals surface area contributed by atoms with Crippen LogP contribution in [0.25, 0.3) is 0 Å². The van der Waals surface area contributed by atoms with E-state index in [9.17, 15) is 9.59 Å². The lowest BCUT2D eigenvalue weighted by molar-refractivity contribution is -0.119. The van der Waals surface area contributed by atoms with Crippen LogP contribution in [0.2, 0.25) is 0 Å². The monoisotopic (exact) mass is 317 g/mol. The maximum Gasteiger partial charge on any atom is 0.407 e. The lowest BCUT2D eigenvalue weighted by Gasteiger charge is -2.24. The average molecular weight is 317 g/mol. The molecule has 0 heterocycles. The maximum absolute atomic E-state index is 11.9. The minimum absolute atomic E-state index is 0.166. The molecule has 0 aliphatic heterocycles. The van der Waals surface area contributed by atoms with Gasteiger partial charge in [-0.2, -0.15) is 5.26 Å². The highest BCUT2D eigenvalue weighted by Crippen LogP contribution is 2.09. The quantitative estimate of drug-likeness (QED) is 0.870. The van der Waals surface area contributed by atoms with Gasteiger partial charge < -0.3 is 15.4 Å². The molecule has 2 amide bonds. The van der Waals surface area contributed by atoms with Gasteiger partial charge >= 0.3 is 6.09 Å². The van der Waals surface area contributed by atoms with E-state index in [1.807, 2.05) is 12.1 Å². The molecule has 1 rings (SSSR count). The molecular formula is C17H23N3O3. The molecule has 6 nitrogen and oxygen atoms in total. The summed E-state index contributed by atoms with van der Waals surface area (Å²) in [5.74, 6) is -0.166. The minimum atomic E-state index is -0.586. The Kier molecular flexibility index (Phi) is 6.58. The van der Waals surface area contributed by atoms with Crippen LogP contribution in [0.5, 0.6) is 0 Å². The summed E-state index contributed by atoms with van der Waals surface area (Å²) in [7, 11) is 0. The van der Waals surface area contributed by atoms with E-state index >= 15 is 0 Å². The summed E-state index contributed by atoms with van der Waals surface area (Å²) in [5, 5.41) is 14.3. The summed E-state index contributed by atoms with van der Waals surface area (Å²) in [6, 6.07) is 8.85. The highest BCUT2D eigenvalue weighted by molar-refractivity contribution is 5.73. The number of nitrogens with one attached hydrogen (secondary N) is 2. The van der Waals surface area contributed by atoms with Crippen molar-refractivity contribution >= 4 is 12.0 Å². The van der Waals surface area contributed by atoms with Crippen LogP contribution in [0.1, 0.15) is 38.8 Å². The normalized spacial score (nSPS) is 12.0. The van der Waals surface area contributed by atoms with Gasteiger partial charge in [0.1, 0.15) is 5.60 Å². The van der Waals surface area contributed by atoms with Crippen molar-refractivity contribution in [2.45, 2.75) is 45.8 Å². The summed E-state index contributed by atoms with van der Waals surface area (Å²) in [6.07, 6.45) is -0.00731. The molecule has 0 aromatic heterocycles. The first-order chi connectivity index (χ1) is 10.7. The second-order valence-electron chi connectivity index (χ2n) is 6.29. The van der Waals surface area contributed by atoms with Crippen molar-refractivity contribution in [1.82, 2.24) is 10.6 Å². The molecule has 6 heteroatoms. The number of carbonyl (C=O) groups excluding carboxylic acids is 2. The maximum atomic E-state index is 11.9. The Bertz CT molecular complexity index is 583. The topological polar surface area (TPSA) is 91.2 Å². The first-order valence-corrected chi connectivity index (χ1v) is 7.42. The third-order valence-corrected chi connectivity index (χ3v) is 2.88. The molecule has 124 valence electrons. The first-order valence-electron chi connectivity index (χ1n) is 7.42. The van der Waals surface area contributed by atoms with E-state index in [4.69, 9.17) is 10.00 Å². The Morgan fingerprint density at radius 1 is 1.26 bits per heavy atom. The minimum Gasteiger partial charge on any atom is -0.444 e. The first kappa shape index (κ1) is 18.5. The number of hydrogen-bond acceptors (Lipinski definition) is 4. The molecule has 1 atom stereocenters. The summed E-state index contributed by atoms with van der Waals surface area (Å²) < 4.78 is 5.24. The number of nitriles is 1. The fourth-order valence-corrected chi connectivity index (χ4v) is 1.92. The van der Waals surface area contributed by atoms with Crippen LogP contribution in [0.3, 0.4) is 0 Å². The van der Waals surface area contributed by atoms with Crippen molar-refractivity contribution in [3.05, 3.63) is 35.4 Å². The third-order valence-electron chi connectivity index (χ3n) is 2.88. The molecule has 1 aromatic rings. The van der Waals surface area contributed by atoms with Crippen LogP contribution in [0.4, 0.5) is 4.79 Å². The summed E-state index contributed by atoms with van der Waals surface area (Å²) in [5.41, 5.74) is 0.944. The predicted molar refractivity (Wildman–Crippen MR) is 86.7 cm³/mol. The van der Waals surface area contributed by atoms with Crippen molar-refractivity contribution in [2.24, 2.45) is 0 Å². The van der Waals surface area contributed by atoms with Crippen molar-refractivity contribution in [2.75, 3.05) is 6.54 Å². The highest BCUT2D eigenvalue weighted by atomic mass is 16.6. The van der Waals surface area contributed by atoms with Crippen molar-refractivity contribution in [3.8, 4) is 6.07 Å². The van der Waals surface area contributed by atoms with Gasteiger partial charge in [0.15, 0.2) is 0 Å². The average Bonchev–Trinajstić information content (AvgIpc) is 2.43. The molecule has 0 radical (unpaired) electrons. The van der Waals surface area contributed by atoms with Gasteiger partial charge in [-0.3, -0.25) is 4.79 Å². The predicted octanol–water partition coefficient (Wildman–Crippen LogP) is 2.13. The number of nitrogens with zero attached hydrogens (tertiary/aromatic N) is 1. The zero-order chi connectivity index (χ0) is 17.5. The molecular weight excluding hydrogens is 294 g/mol. The Morgan fingerprint density at radius 3 is 2.35 bits per heavy atom. The van der Waals surface area contributed by atoms with Crippen LogP contribution in [0.15, 0.2) is 24.3 Å². The molecule has 2 N–H and O–H groups in total. The number of benzene rings is 1. The van der Waals surface area contributed by atoms with E-state index in [0.29, 0.717) is 18.5 Å². The lowest BCUT2D eigenvalue weighted by atomic mass is 10.0. The molecule has 0 saturated carbocycles. The number of hydrogen-bond donors (Lipinski definition) is 2. The van der Waals surface area contributed by atoms with Crippen LogP contribution in [-0.2, 0) is 16.0 Å². The highest BCUT2D eigenvalue weighted by Gasteiger charge is 2.20. The molecule has 23 heavy (non-hydrogen) atoms. The Labute approximate surface area is 136 Å². The molecule has 0 saturated heterocycles. The zero-order valence-corrected chi connectivity index (χ0v) is 14.0. The van der Waals surface area contributed by atoms with Crippen LogP contribution < -0.4 is 10.6 Å². The SMILES string of the molecule is CC(=O)NC[C@@H](Cc1ccc(C#N)cc1)NC(=O)OC(C)(C)C. The van der Waals surface area contributed by atoms with Crippen molar-refractivity contribution < 1.29 is 14.3 Å². The van der Waals surface area contributed by atoms with Gasteiger partial charge in [-0.15, -0.1) is 0 Å². The van der Waals surface area contributed by atoms with E-state index in [-0.39, 0.29) is 11.9 Å². The number of alkyl carbamates (subject to hydrolysis) is 1. The van der Waals surface area contributed by atoms with Gasteiger partial charge in [-0.1, -0.05) is 12.1 Å². The molecule has 1 aromatic carbocycles. The van der Waals surface area contributed by atoms with Crippen LogP contribution >= 0.6 is 0 Å². The van der Waals surface area contributed by atoms with Gasteiger partial charge in [0.05, 0.1) is 17.7 Å². The molecule has 0 aliphatic rings. The molecule has 0 bridgehead atoms. The van der Waals surface area contributed by atoms with E-state index in [1.54, 1.807) is 32.9 Å². The van der Waals surface area contributed by atoms with Crippen molar-refractivity contribution in [1.29, 1.82) is 5.26 Å². The summed E-state index contributed by atoms with van der Waals surface area (Å²) in [6.45, 7) is 7.09. The van der Waals surface area contributed by atoms with Crippen LogP contribution in [-0.4, -0.2) is 30.2 Å². The number of amides is 2. The van der Waals surface area contributed by atoms with E-state index in [2.05, 4.69) is 16.7 Å². The fraction of sp³-hybridized carbons (Fsp3) is 0.471. The molecule has 0 unspecified atom stereocenters. The third kappa shape index (κ3) is 7.86. The summed E-state index contributed by atoms with van der Waals surface area (Å²) in [4.78, 5) is 23.0. The van der Waals surface area contributed by atoms with E-state index < -0.39 is 11.7 Å². The van der Waals surface area contributed by atoms with Gasteiger partial charge in [-0.25, -0.2) is 4.79 Å². The Hall–Kier alpha value is -2.55. The summed E-state index contributed by atoms with van der Waals surface area (Å²) >= 11 is 0. The van der Waals surface area contributed by atoms with Gasteiger partial charge in [0.2, 0.25) is 5.91 Å². The molecule has 0 spiro atoms. The molecule has 0 fully saturated rings. The van der Waals surface area contributed by atoms with E-state index in [1.165, 1.54) is 6.92 Å². The second-order valence-corrected chi connectivity index (χ2v) is 6.29. The number of rotatable bonds is 5. The van der Waals surface area contributed by atoms with Crippen molar-refractivity contribution in [3.63, 3.8) is 0 Å². The zero-order valence-electron chi connectivity index (χ0n) is 14.0.